The first-order chi connectivity index (χ1) is 26.7. The van der Waals surface area contributed by atoms with E-state index in [1.165, 1.54) is 87.3 Å². The highest BCUT2D eigenvalue weighted by atomic mass is 32.1. The molecule has 0 bridgehead atoms. The molecule has 0 fully saturated rings. The van der Waals surface area contributed by atoms with Crippen molar-refractivity contribution in [1.82, 2.24) is 0 Å². The van der Waals surface area contributed by atoms with Gasteiger partial charge in [-0.15, -0.1) is 11.3 Å². The quantitative estimate of drug-likeness (QED) is 0.169. The number of para-hydroxylation sites is 2. The molecule has 11 rings (SSSR count). The van der Waals surface area contributed by atoms with Crippen LogP contribution in [-0.2, 0) is 18.3 Å². The van der Waals surface area contributed by atoms with Gasteiger partial charge in [0.2, 0.25) is 0 Å². The summed E-state index contributed by atoms with van der Waals surface area (Å²) in [5.74, 6) is 0. The van der Waals surface area contributed by atoms with Gasteiger partial charge < -0.3 is 9.80 Å². The lowest BCUT2D eigenvalue weighted by atomic mass is 9.76. The fraction of sp³-hybridized carbons (Fsp3) is 0.0980. The van der Waals surface area contributed by atoms with Gasteiger partial charge in [0.25, 0.3) is 0 Å². The average Bonchev–Trinajstić information content (AvgIpc) is 3.92. The molecule has 1 spiro atoms. The van der Waals surface area contributed by atoms with Crippen LogP contribution in [0, 0.1) is 0 Å². The van der Waals surface area contributed by atoms with Crippen molar-refractivity contribution in [3.63, 3.8) is 0 Å². The molecule has 0 aliphatic heterocycles. The van der Waals surface area contributed by atoms with Gasteiger partial charge >= 0.3 is 0 Å². The normalized spacial score (nSPS) is 15.9. The van der Waals surface area contributed by atoms with E-state index in [0.717, 1.165) is 25.7 Å². The summed E-state index contributed by atoms with van der Waals surface area (Å²) in [7, 11) is 0. The molecule has 1 atom stereocenters. The Morgan fingerprint density at radius 1 is 0.389 bits per heavy atom. The molecule has 2 nitrogen and oxygen atoms in total. The molecule has 1 aromatic heterocycles. The summed E-state index contributed by atoms with van der Waals surface area (Å²) >= 11 is 1.88. The van der Waals surface area contributed by atoms with Crippen LogP contribution in [0.2, 0.25) is 0 Å². The summed E-state index contributed by atoms with van der Waals surface area (Å²) in [6, 6.07) is 67.5. The van der Waals surface area contributed by atoms with Gasteiger partial charge in [0.15, 0.2) is 0 Å². The highest BCUT2D eigenvalue weighted by Crippen LogP contribution is 2.55. The van der Waals surface area contributed by atoms with E-state index in [2.05, 4.69) is 192 Å². The second kappa shape index (κ2) is 12.5. The molecule has 258 valence electrons. The highest BCUT2D eigenvalue weighted by Gasteiger charge is 2.45. The molecule has 0 amide bonds. The van der Waals surface area contributed by atoms with Crippen molar-refractivity contribution >= 4 is 76.4 Å². The van der Waals surface area contributed by atoms with Gasteiger partial charge in [-0.3, -0.25) is 0 Å². The number of thiophene rings is 1. The third-order valence-electron chi connectivity index (χ3n) is 12.0. The Morgan fingerprint density at radius 3 is 1.65 bits per heavy atom. The van der Waals surface area contributed by atoms with Gasteiger partial charge in [-0.2, -0.15) is 0 Å². The molecule has 2 aliphatic carbocycles. The number of rotatable bonds is 6. The topological polar surface area (TPSA) is 6.48 Å². The number of anilines is 6. The zero-order valence-corrected chi connectivity index (χ0v) is 30.8. The van der Waals surface area contributed by atoms with Crippen LogP contribution in [0.3, 0.4) is 0 Å². The number of benzene rings is 8. The number of nitrogens with zero attached hydrogens (tertiary/aromatic N) is 2. The third kappa shape index (κ3) is 4.92. The van der Waals surface area contributed by atoms with E-state index in [1.807, 2.05) is 11.3 Å². The minimum atomic E-state index is -0.0183. The maximum atomic E-state index is 2.53. The third-order valence-corrected chi connectivity index (χ3v) is 13.2. The molecule has 0 saturated carbocycles. The summed E-state index contributed by atoms with van der Waals surface area (Å²) in [6.45, 7) is 0. The molecule has 0 N–H and O–H groups in total. The first-order valence-corrected chi connectivity index (χ1v) is 19.9. The van der Waals surface area contributed by atoms with E-state index >= 15 is 0 Å². The van der Waals surface area contributed by atoms with Crippen molar-refractivity contribution in [3.05, 3.63) is 204 Å². The van der Waals surface area contributed by atoms with Crippen molar-refractivity contribution in [1.29, 1.82) is 0 Å². The van der Waals surface area contributed by atoms with E-state index in [-0.39, 0.29) is 5.41 Å². The van der Waals surface area contributed by atoms with Crippen molar-refractivity contribution in [2.24, 2.45) is 0 Å². The van der Waals surface area contributed by atoms with Crippen LogP contribution in [0.25, 0.3) is 30.9 Å². The summed E-state index contributed by atoms with van der Waals surface area (Å²) in [5, 5.41) is 5.16. The van der Waals surface area contributed by atoms with Crippen molar-refractivity contribution in [2.75, 3.05) is 9.80 Å². The molecule has 0 radical (unpaired) electrons. The number of aryl methyl sites for hydroxylation is 2. The fourth-order valence-corrected chi connectivity index (χ4v) is 10.7. The van der Waals surface area contributed by atoms with Crippen molar-refractivity contribution in [2.45, 2.75) is 31.1 Å². The SMILES string of the molecule is c1ccc(N(c2ccc3c(c2)[C@@]2(CC3)CCc3ccc(N(c4ccccc4)c4cccc5ccccc45)cc32)c2ccc3c(c2)sc2ccccc23)cc1. The van der Waals surface area contributed by atoms with E-state index in [9.17, 15) is 0 Å². The lowest BCUT2D eigenvalue weighted by molar-refractivity contribution is 0.507. The van der Waals surface area contributed by atoms with Gasteiger partial charge in [-0.25, -0.2) is 0 Å². The minimum Gasteiger partial charge on any atom is -0.310 e. The lowest BCUT2D eigenvalue weighted by Crippen LogP contribution is -2.22. The van der Waals surface area contributed by atoms with Crippen LogP contribution in [-0.4, -0.2) is 0 Å². The summed E-state index contributed by atoms with van der Waals surface area (Å²) in [6.07, 6.45) is 4.48. The fourth-order valence-electron chi connectivity index (χ4n) is 9.52. The molecule has 2 aliphatic rings. The molecule has 3 heteroatoms. The summed E-state index contributed by atoms with van der Waals surface area (Å²) in [5.41, 5.74) is 13.1. The summed E-state index contributed by atoms with van der Waals surface area (Å²) < 4.78 is 2.65. The zero-order valence-electron chi connectivity index (χ0n) is 30.0. The van der Waals surface area contributed by atoms with E-state index < -0.39 is 0 Å². The van der Waals surface area contributed by atoms with Crippen LogP contribution in [0.5, 0.6) is 0 Å². The van der Waals surface area contributed by atoms with Crippen molar-refractivity contribution < 1.29 is 0 Å². The van der Waals surface area contributed by atoms with E-state index in [1.54, 1.807) is 0 Å². The van der Waals surface area contributed by atoms with Crippen LogP contribution < -0.4 is 9.80 Å². The van der Waals surface area contributed by atoms with Crippen LogP contribution in [0.4, 0.5) is 34.1 Å². The smallest absolute Gasteiger partial charge is 0.0540 e. The zero-order chi connectivity index (χ0) is 35.6. The Bertz CT molecular complexity index is 2850. The largest absolute Gasteiger partial charge is 0.310 e. The minimum absolute atomic E-state index is 0.0183. The number of hydrogen-bond donors (Lipinski definition) is 0. The van der Waals surface area contributed by atoms with Gasteiger partial charge in [0.1, 0.15) is 0 Å². The Balaban J connectivity index is 1.05. The Labute approximate surface area is 320 Å². The van der Waals surface area contributed by atoms with Gasteiger partial charge in [0.05, 0.1) is 5.69 Å². The van der Waals surface area contributed by atoms with Crippen LogP contribution >= 0.6 is 11.3 Å². The molecule has 9 aromatic rings. The van der Waals surface area contributed by atoms with Crippen LogP contribution in [0.1, 0.15) is 35.1 Å². The van der Waals surface area contributed by atoms with Gasteiger partial charge in [-0.1, -0.05) is 109 Å². The second-order valence-corrected chi connectivity index (χ2v) is 16.0. The van der Waals surface area contributed by atoms with E-state index in [4.69, 9.17) is 0 Å². The molecule has 0 saturated heterocycles. The highest BCUT2D eigenvalue weighted by molar-refractivity contribution is 7.25. The first kappa shape index (κ1) is 31.4. The molecule has 8 aromatic carbocycles. The summed E-state index contributed by atoms with van der Waals surface area (Å²) in [4.78, 5) is 4.92. The van der Waals surface area contributed by atoms with Crippen LogP contribution in [0.15, 0.2) is 182 Å². The predicted octanol–water partition coefficient (Wildman–Crippen LogP) is 14.3. The monoisotopic (exact) mass is 710 g/mol. The number of hydrogen-bond acceptors (Lipinski definition) is 3. The Hall–Kier alpha value is -6.16. The average molecular weight is 711 g/mol. The van der Waals surface area contributed by atoms with Gasteiger partial charge in [0, 0.05) is 59.4 Å². The molecule has 1 heterocycles. The molecular weight excluding hydrogens is 673 g/mol. The maximum absolute atomic E-state index is 2.53. The molecular formula is C51H38N2S. The van der Waals surface area contributed by atoms with E-state index in [0.29, 0.717) is 0 Å². The lowest BCUT2D eigenvalue weighted by Gasteiger charge is -2.32. The second-order valence-electron chi connectivity index (χ2n) is 14.9. The standard InChI is InChI=1S/C51H38N2S/c1-3-14-38(15-4-1)52(42-26-27-45-44-19-9-10-21-49(44)54-50(45)34-42)40-24-22-36-28-30-51(46(36)32-40)31-29-37-23-25-41(33-47(37)51)53(39-16-5-2-6-17-39)48-20-11-13-35-12-7-8-18-43(35)48/h1-27,32-34H,28-31H2/t51-/m1/s1. The molecule has 54 heavy (non-hydrogen) atoms. The maximum Gasteiger partial charge on any atom is 0.0540 e. The first-order valence-electron chi connectivity index (χ1n) is 19.1. The van der Waals surface area contributed by atoms with Crippen molar-refractivity contribution in [3.8, 4) is 0 Å². The Kier molecular flexibility index (Phi) is 7.25. The predicted molar refractivity (Wildman–Crippen MR) is 230 cm³/mol. The molecule has 0 unspecified atom stereocenters. The Morgan fingerprint density at radius 2 is 0.926 bits per heavy atom. The van der Waals surface area contributed by atoms with Gasteiger partial charge in [-0.05, 0) is 126 Å². The number of fused-ring (bicyclic) bond motifs is 8.